The fraction of sp³-hybridized carbons (Fsp3) is 0.0870. The summed E-state index contributed by atoms with van der Waals surface area (Å²) in [7, 11) is 0. The average molecular weight is 409 g/mol. The SMILES string of the molecule is Cc1ccc2ccc(C(Nc3ccc(Cl)cc3Cl)c3ccccc3)c(O)c2n1. The molecule has 3 aromatic carbocycles. The molecular formula is C23H18Cl2N2O. The average Bonchev–Trinajstić information content (AvgIpc) is 2.69. The van der Waals surface area contributed by atoms with Crippen molar-refractivity contribution in [2.24, 2.45) is 0 Å². The number of anilines is 1. The Kier molecular flexibility index (Phi) is 5.12. The van der Waals surface area contributed by atoms with Crippen LogP contribution in [0, 0.1) is 6.92 Å². The molecule has 0 radical (unpaired) electrons. The van der Waals surface area contributed by atoms with Crippen LogP contribution >= 0.6 is 23.2 Å². The van der Waals surface area contributed by atoms with E-state index in [1.165, 1.54) is 0 Å². The first-order valence-electron chi connectivity index (χ1n) is 8.88. The van der Waals surface area contributed by atoms with Crippen molar-refractivity contribution in [3.05, 3.63) is 99.7 Å². The van der Waals surface area contributed by atoms with E-state index in [2.05, 4.69) is 10.3 Å². The highest BCUT2D eigenvalue weighted by Gasteiger charge is 2.21. The molecule has 0 bridgehead atoms. The lowest BCUT2D eigenvalue weighted by Crippen LogP contribution is -2.13. The maximum absolute atomic E-state index is 11.0. The van der Waals surface area contributed by atoms with Crippen molar-refractivity contribution in [2.45, 2.75) is 13.0 Å². The fourth-order valence-corrected chi connectivity index (χ4v) is 3.73. The second kappa shape index (κ2) is 7.70. The number of pyridine rings is 1. The molecule has 0 spiro atoms. The number of benzene rings is 3. The van der Waals surface area contributed by atoms with E-state index in [0.29, 0.717) is 15.6 Å². The molecule has 4 aromatic rings. The summed E-state index contributed by atoms with van der Waals surface area (Å²) >= 11 is 12.4. The number of nitrogens with zero attached hydrogens (tertiary/aromatic N) is 1. The Labute approximate surface area is 173 Å². The normalized spacial score (nSPS) is 12.1. The van der Waals surface area contributed by atoms with Crippen molar-refractivity contribution in [3.63, 3.8) is 0 Å². The van der Waals surface area contributed by atoms with E-state index in [9.17, 15) is 5.11 Å². The molecule has 0 saturated carbocycles. The summed E-state index contributed by atoms with van der Waals surface area (Å²) in [5, 5.41) is 16.5. The summed E-state index contributed by atoms with van der Waals surface area (Å²) in [5.41, 5.74) is 3.89. The minimum Gasteiger partial charge on any atom is -0.505 e. The molecule has 1 heterocycles. The van der Waals surface area contributed by atoms with E-state index in [1.807, 2.05) is 67.6 Å². The Morgan fingerprint density at radius 2 is 1.68 bits per heavy atom. The number of fused-ring (bicyclic) bond motifs is 1. The molecule has 28 heavy (non-hydrogen) atoms. The number of nitrogens with one attached hydrogen (secondary N) is 1. The van der Waals surface area contributed by atoms with Crippen LogP contribution in [0.1, 0.15) is 22.9 Å². The highest BCUT2D eigenvalue weighted by Crippen LogP contribution is 2.38. The lowest BCUT2D eigenvalue weighted by Gasteiger charge is -2.23. The van der Waals surface area contributed by atoms with Crippen LogP contribution in [0.5, 0.6) is 5.75 Å². The molecule has 0 aliphatic heterocycles. The lowest BCUT2D eigenvalue weighted by atomic mass is 9.96. The number of aromatic hydroxyl groups is 1. The van der Waals surface area contributed by atoms with Crippen molar-refractivity contribution in [3.8, 4) is 5.75 Å². The molecule has 1 atom stereocenters. The summed E-state index contributed by atoms with van der Waals surface area (Å²) in [6.07, 6.45) is 0. The molecule has 3 nitrogen and oxygen atoms in total. The fourth-order valence-electron chi connectivity index (χ4n) is 3.27. The summed E-state index contributed by atoms with van der Waals surface area (Å²) < 4.78 is 0. The topological polar surface area (TPSA) is 45.1 Å². The third-order valence-corrected chi connectivity index (χ3v) is 5.23. The van der Waals surface area contributed by atoms with E-state index in [4.69, 9.17) is 23.2 Å². The van der Waals surface area contributed by atoms with Gasteiger partial charge in [-0.15, -0.1) is 0 Å². The molecule has 0 aliphatic carbocycles. The van der Waals surface area contributed by atoms with Crippen LogP contribution in [-0.4, -0.2) is 10.1 Å². The minimum absolute atomic E-state index is 0.160. The van der Waals surface area contributed by atoms with Gasteiger partial charge >= 0.3 is 0 Å². The van der Waals surface area contributed by atoms with Gasteiger partial charge in [-0.3, -0.25) is 0 Å². The number of hydrogen-bond acceptors (Lipinski definition) is 3. The van der Waals surface area contributed by atoms with Crippen molar-refractivity contribution in [2.75, 3.05) is 5.32 Å². The van der Waals surface area contributed by atoms with E-state index in [1.54, 1.807) is 12.1 Å². The zero-order valence-electron chi connectivity index (χ0n) is 15.2. The van der Waals surface area contributed by atoms with Crippen LogP contribution in [0.4, 0.5) is 5.69 Å². The maximum Gasteiger partial charge on any atom is 0.147 e. The molecule has 0 amide bonds. The zero-order valence-corrected chi connectivity index (χ0v) is 16.7. The van der Waals surface area contributed by atoms with Crippen LogP contribution in [0.25, 0.3) is 10.9 Å². The molecule has 140 valence electrons. The Morgan fingerprint density at radius 3 is 2.43 bits per heavy atom. The second-order valence-electron chi connectivity index (χ2n) is 6.64. The quantitative estimate of drug-likeness (QED) is 0.392. The summed E-state index contributed by atoms with van der Waals surface area (Å²) in [5.74, 6) is 0.160. The molecule has 1 unspecified atom stereocenters. The smallest absolute Gasteiger partial charge is 0.147 e. The van der Waals surface area contributed by atoms with Gasteiger partial charge in [0.1, 0.15) is 11.3 Å². The highest BCUT2D eigenvalue weighted by molar-refractivity contribution is 6.36. The van der Waals surface area contributed by atoms with Crippen LogP contribution in [0.2, 0.25) is 10.0 Å². The summed E-state index contributed by atoms with van der Waals surface area (Å²) in [4.78, 5) is 4.53. The molecule has 2 N–H and O–H groups in total. The van der Waals surface area contributed by atoms with Gasteiger partial charge in [-0.1, -0.05) is 71.7 Å². The van der Waals surface area contributed by atoms with E-state index < -0.39 is 0 Å². The van der Waals surface area contributed by atoms with Gasteiger partial charge in [0.2, 0.25) is 0 Å². The maximum atomic E-state index is 11.0. The van der Waals surface area contributed by atoms with Crippen LogP contribution in [0.3, 0.4) is 0 Å². The molecular weight excluding hydrogens is 391 g/mol. The number of aromatic nitrogens is 1. The van der Waals surface area contributed by atoms with Crippen molar-refractivity contribution < 1.29 is 5.11 Å². The van der Waals surface area contributed by atoms with E-state index in [-0.39, 0.29) is 11.8 Å². The molecule has 0 aliphatic rings. The second-order valence-corrected chi connectivity index (χ2v) is 7.48. The first-order chi connectivity index (χ1) is 13.5. The number of phenols is 1. The monoisotopic (exact) mass is 408 g/mol. The lowest BCUT2D eigenvalue weighted by molar-refractivity contribution is 0.471. The third kappa shape index (κ3) is 3.64. The molecule has 0 saturated heterocycles. The van der Waals surface area contributed by atoms with Gasteiger partial charge in [-0.25, -0.2) is 4.98 Å². The summed E-state index contributed by atoms with van der Waals surface area (Å²) in [6, 6.07) is 22.7. The van der Waals surface area contributed by atoms with Crippen LogP contribution in [-0.2, 0) is 0 Å². The van der Waals surface area contributed by atoms with Crippen molar-refractivity contribution in [1.29, 1.82) is 0 Å². The van der Waals surface area contributed by atoms with Gasteiger partial charge in [0.25, 0.3) is 0 Å². The van der Waals surface area contributed by atoms with Gasteiger partial charge in [-0.2, -0.15) is 0 Å². The number of rotatable bonds is 4. The van der Waals surface area contributed by atoms with E-state index >= 15 is 0 Å². The first-order valence-corrected chi connectivity index (χ1v) is 9.64. The largest absolute Gasteiger partial charge is 0.505 e. The number of halogens is 2. The Morgan fingerprint density at radius 1 is 0.929 bits per heavy atom. The predicted octanol–water partition coefficient (Wildman–Crippen LogP) is 6.76. The standard InChI is InChI=1S/C23H18Cl2N2O/c1-14-7-8-16-9-11-18(23(28)22(16)26-14)21(15-5-3-2-4-6-15)27-20-12-10-17(24)13-19(20)25/h2-13,21,27-28H,1H3. The van der Waals surface area contributed by atoms with Crippen LogP contribution < -0.4 is 5.32 Å². The minimum atomic E-state index is -0.313. The Bertz CT molecular complexity index is 1150. The zero-order chi connectivity index (χ0) is 19.7. The number of phenolic OH excluding ortho intramolecular Hbond substituents is 1. The van der Waals surface area contributed by atoms with Crippen molar-refractivity contribution in [1.82, 2.24) is 4.98 Å². The highest BCUT2D eigenvalue weighted by atomic mass is 35.5. The van der Waals surface area contributed by atoms with Gasteiger partial charge in [-0.05, 0) is 36.8 Å². The third-order valence-electron chi connectivity index (χ3n) is 4.68. The van der Waals surface area contributed by atoms with Crippen molar-refractivity contribution >= 4 is 39.8 Å². The first kappa shape index (κ1) is 18.6. The molecule has 1 aromatic heterocycles. The van der Waals surface area contributed by atoms with Gasteiger partial charge in [0, 0.05) is 21.7 Å². The van der Waals surface area contributed by atoms with E-state index in [0.717, 1.165) is 27.9 Å². The summed E-state index contributed by atoms with van der Waals surface area (Å²) in [6.45, 7) is 1.91. The number of hydrogen-bond donors (Lipinski definition) is 2. The predicted molar refractivity (Wildman–Crippen MR) is 117 cm³/mol. The number of aryl methyl sites for hydroxylation is 1. The Hall–Kier alpha value is -2.75. The van der Waals surface area contributed by atoms with Gasteiger partial charge < -0.3 is 10.4 Å². The van der Waals surface area contributed by atoms with Gasteiger partial charge in [0.15, 0.2) is 0 Å². The van der Waals surface area contributed by atoms with Crippen LogP contribution in [0.15, 0.2) is 72.8 Å². The molecule has 4 rings (SSSR count). The molecule has 5 heteroatoms. The molecule has 0 fully saturated rings. The Balaban J connectivity index is 1.86. The van der Waals surface area contributed by atoms with Gasteiger partial charge in [0.05, 0.1) is 16.8 Å².